The molecule has 0 radical (unpaired) electrons. The van der Waals surface area contributed by atoms with Crippen molar-refractivity contribution in [2.24, 2.45) is 5.92 Å². The number of carbonyl (C=O) groups excluding carboxylic acids is 1. The monoisotopic (exact) mass is 324 g/mol. The largest absolute Gasteiger partial charge is 0.396 e. The van der Waals surface area contributed by atoms with Crippen LogP contribution in [-0.4, -0.2) is 29.1 Å². The van der Waals surface area contributed by atoms with Gasteiger partial charge in [0.05, 0.1) is 5.56 Å². The van der Waals surface area contributed by atoms with Crippen LogP contribution in [0.5, 0.6) is 0 Å². The molecule has 0 saturated heterocycles. The van der Waals surface area contributed by atoms with Crippen molar-refractivity contribution in [2.45, 2.75) is 6.42 Å². The minimum absolute atomic E-state index is 0.0460. The lowest BCUT2D eigenvalue weighted by Crippen LogP contribution is -2.32. The number of amides is 1. The number of aromatic nitrogens is 1. The fourth-order valence-corrected chi connectivity index (χ4v) is 2.04. The summed E-state index contributed by atoms with van der Waals surface area (Å²) in [6.07, 6.45) is 2.02. The van der Waals surface area contributed by atoms with Gasteiger partial charge in [-0.05, 0) is 24.6 Å². The maximum absolute atomic E-state index is 13.5. The van der Waals surface area contributed by atoms with E-state index < -0.39 is 28.9 Å². The van der Waals surface area contributed by atoms with E-state index in [1.54, 1.807) is 24.4 Å². The molecule has 1 amide bonds. The number of benzene rings is 1. The lowest BCUT2D eigenvalue weighted by molar-refractivity contribution is 0.0935. The Morgan fingerprint density at radius 3 is 2.57 bits per heavy atom. The number of hydrogen-bond acceptors (Lipinski definition) is 3. The van der Waals surface area contributed by atoms with E-state index >= 15 is 0 Å². The number of aliphatic hydroxyl groups is 1. The third-order valence-corrected chi connectivity index (χ3v) is 3.29. The molecule has 4 nitrogen and oxygen atoms in total. The second kappa shape index (κ2) is 7.73. The van der Waals surface area contributed by atoms with Crippen molar-refractivity contribution in [3.63, 3.8) is 0 Å². The Hall–Kier alpha value is -2.41. The van der Waals surface area contributed by atoms with Crippen LogP contribution in [0.3, 0.4) is 0 Å². The van der Waals surface area contributed by atoms with E-state index in [-0.39, 0.29) is 19.1 Å². The Bertz CT molecular complexity index is 681. The first-order valence-corrected chi connectivity index (χ1v) is 6.94. The van der Waals surface area contributed by atoms with Crippen molar-refractivity contribution in [2.75, 3.05) is 13.2 Å². The number of halogens is 3. The van der Waals surface area contributed by atoms with Crippen LogP contribution in [0.2, 0.25) is 0 Å². The molecule has 2 aromatic rings. The first-order chi connectivity index (χ1) is 11.0. The van der Waals surface area contributed by atoms with E-state index in [1.807, 2.05) is 0 Å². The van der Waals surface area contributed by atoms with Crippen molar-refractivity contribution < 1.29 is 23.1 Å². The normalized spacial score (nSPS) is 12.0. The highest BCUT2D eigenvalue weighted by Crippen LogP contribution is 2.14. The van der Waals surface area contributed by atoms with Gasteiger partial charge in [0.2, 0.25) is 0 Å². The zero-order valence-electron chi connectivity index (χ0n) is 12.1. The van der Waals surface area contributed by atoms with Gasteiger partial charge in [0.1, 0.15) is 5.82 Å². The van der Waals surface area contributed by atoms with E-state index in [0.29, 0.717) is 18.6 Å². The summed E-state index contributed by atoms with van der Waals surface area (Å²) in [5, 5.41) is 11.7. The number of nitrogens with zero attached hydrogens (tertiary/aromatic N) is 1. The van der Waals surface area contributed by atoms with Crippen molar-refractivity contribution in [1.29, 1.82) is 0 Å². The molecule has 1 aromatic heterocycles. The Morgan fingerprint density at radius 2 is 1.91 bits per heavy atom. The van der Waals surface area contributed by atoms with E-state index in [9.17, 15) is 23.1 Å². The third kappa shape index (κ3) is 4.53. The molecule has 0 bridgehead atoms. The number of nitrogens with one attached hydrogen (secondary N) is 1. The highest BCUT2D eigenvalue weighted by atomic mass is 19.2. The van der Waals surface area contributed by atoms with Gasteiger partial charge in [-0.1, -0.05) is 6.07 Å². The third-order valence-electron chi connectivity index (χ3n) is 3.29. The highest BCUT2D eigenvalue weighted by Gasteiger charge is 2.18. The van der Waals surface area contributed by atoms with Gasteiger partial charge in [-0.15, -0.1) is 0 Å². The molecule has 0 aliphatic carbocycles. The molecule has 122 valence electrons. The van der Waals surface area contributed by atoms with Crippen LogP contribution in [0, 0.1) is 23.4 Å². The molecule has 0 saturated carbocycles. The number of aliphatic hydroxyl groups excluding tert-OH is 1. The molecular weight excluding hydrogens is 309 g/mol. The summed E-state index contributed by atoms with van der Waals surface area (Å²) < 4.78 is 39.5. The first kappa shape index (κ1) is 17.0. The lowest BCUT2D eigenvalue weighted by atomic mass is 10.0. The summed E-state index contributed by atoms with van der Waals surface area (Å²) in [4.78, 5) is 16.0. The van der Waals surface area contributed by atoms with E-state index in [2.05, 4.69) is 10.3 Å². The van der Waals surface area contributed by atoms with Crippen molar-refractivity contribution in [3.8, 4) is 0 Å². The number of carbonyl (C=O) groups is 1. The molecule has 1 atom stereocenters. The first-order valence-electron chi connectivity index (χ1n) is 6.94. The number of pyridine rings is 1. The van der Waals surface area contributed by atoms with E-state index in [1.165, 1.54) is 0 Å². The van der Waals surface area contributed by atoms with Gasteiger partial charge in [0, 0.05) is 37.0 Å². The zero-order chi connectivity index (χ0) is 16.8. The predicted octanol–water partition coefficient (Wildman–Crippen LogP) is 2.08. The molecular formula is C16H15F3N2O2. The number of hydrogen-bond donors (Lipinski definition) is 2. The van der Waals surface area contributed by atoms with Gasteiger partial charge in [-0.25, -0.2) is 13.2 Å². The van der Waals surface area contributed by atoms with Gasteiger partial charge in [-0.3, -0.25) is 9.78 Å². The Kier molecular flexibility index (Phi) is 5.70. The second-order valence-corrected chi connectivity index (χ2v) is 5.03. The maximum atomic E-state index is 13.5. The van der Waals surface area contributed by atoms with E-state index in [0.717, 1.165) is 5.69 Å². The fourth-order valence-electron chi connectivity index (χ4n) is 2.04. The quantitative estimate of drug-likeness (QED) is 0.800. The topological polar surface area (TPSA) is 62.2 Å². The molecule has 23 heavy (non-hydrogen) atoms. The summed E-state index contributed by atoms with van der Waals surface area (Å²) in [6, 6.07) is 6.16. The molecule has 0 spiro atoms. The smallest absolute Gasteiger partial charge is 0.254 e. The van der Waals surface area contributed by atoms with Crippen LogP contribution in [0.4, 0.5) is 13.2 Å². The fraction of sp³-hybridized carbons (Fsp3) is 0.250. The average Bonchev–Trinajstić information content (AvgIpc) is 2.55. The van der Waals surface area contributed by atoms with Gasteiger partial charge >= 0.3 is 0 Å². The summed E-state index contributed by atoms with van der Waals surface area (Å²) in [7, 11) is 0. The summed E-state index contributed by atoms with van der Waals surface area (Å²) in [6.45, 7) is -0.165. The maximum Gasteiger partial charge on any atom is 0.254 e. The van der Waals surface area contributed by atoms with Crippen LogP contribution in [0.1, 0.15) is 16.1 Å². The second-order valence-electron chi connectivity index (χ2n) is 5.03. The Labute approximate surface area is 131 Å². The van der Waals surface area contributed by atoms with Gasteiger partial charge in [0.15, 0.2) is 11.6 Å². The molecule has 2 N–H and O–H groups in total. The van der Waals surface area contributed by atoms with E-state index in [4.69, 9.17) is 0 Å². The van der Waals surface area contributed by atoms with Gasteiger partial charge in [0.25, 0.3) is 5.91 Å². The summed E-state index contributed by atoms with van der Waals surface area (Å²) >= 11 is 0. The Balaban J connectivity index is 1.98. The predicted molar refractivity (Wildman–Crippen MR) is 77.2 cm³/mol. The van der Waals surface area contributed by atoms with Crippen molar-refractivity contribution >= 4 is 5.91 Å². The molecule has 1 heterocycles. The van der Waals surface area contributed by atoms with Crippen LogP contribution in [-0.2, 0) is 6.42 Å². The minimum atomic E-state index is -1.36. The molecule has 1 unspecified atom stereocenters. The Morgan fingerprint density at radius 1 is 1.17 bits per heavy atom. The van der Waals surface area contributed by atoms with Crippen LogP contribution < -0.4 is 5.32 Å². The summed E-state index contributed by atoms with van der Waals surface area (Å²) in [5.41, 5.74) is 0.151. The molecule has 0 aliphatic rings. The van der Waals surface area contributed by atoms with Crippen LogP contribution >= 0.6 is 0 Å². The molecule has 2 rings (SSSR count). The lowest BCUT2D eigenvalue weighted by Gasteiger charge is -2.15. The van der Waals surface area contributed by atoms with Crippen LogP contribution in [0.15, 0.2) is 36.5 Å². The number of rotatable bonds is 6. The average molecular weight is 324 g/mol. The highest BCUT2D eigenvalue weighted by molar-refractivity contribution is 5.94. The SMILES string of the molecule is O=C(NCC(CO)Cc1ccccn1)c1cc(F)c(F)cc1F. The zero-order valence-corrected chi connectivity index (χ0v) is 12.1. The summed E-state index contributed by atoms with van der Waals surface area (Å²) in [5.74, 6) is -5.01. The molecule has 7 heteroatoms. The molecule has 0 fully saturated rings. The van der Waals surface area contributed by atoms with Gasteiger partial charge < -0.3 is 10.4 Å². The van der Waals surface area contributed by atoms with Crippen molar-refractivity contribution in [1.82, 2.24) is 10.3 Å². The van der Waals surface area contributed by atoms with Crippen molar-refractivity contribution in [3.05, 3.63) is 65.2 Å². The standard InChI is InChI=1S/C16H15F3N2O2/c17-13-7-15(19)14(18)6-12(13)16(23)21-8-10(9-22)5-11-3-1-2-4-20-11/h1-4,6-7,10,22H,5,8-9H2,(H,21,23). The van der Waals surface area contributed by atoms with Crippen LogP contribution in [0.25, 0.3) is 0 Å². The van der Waals surface area contributed by atoms with Gasteiger partial charge in [-0.2, -0.15) is 0 Å². The molecule has 0 aliphatic heterocycles. The molecule has 1 aromatic carbocycles. The minimum Gasteiger partial charge on any atom is -0.396 e.